The van der Waals surface area contributed by atoms with Crippen molar-refractivity contribution in [3.63, 3.8) is 0 Å². The molecule has 0 heterocycles. The fourth-order valence-corrected chi connectivity index (χ4v) is 4.07. The average molecular weight is 380 g/mol. The van der Waals surface area contributed by atoms with Crippen LogP contribution in [-0.4, -0.2) is 42.6 Å². The lowest BCUT2D eigenvalue weighted by Crippen LogP contribution is -2.13. The molecule has 2 aromatic rings. The summed E-state index contributed by atoms with van der Waals surface area (Å²) < 4.78 is 46.2. The highest BCUT2D eigenvalue weighted by molar-refractivity contribution is 7.90. The quantitative estimate of drug-likeness (QED) is 0.666. The van der Waals surface area contributed by atoms with Gasteiger partial charge in [-0.3, -0.25) is 0 Å². The van der Waals surface area contributed by atoms with Gasteiger partial charge in [0.1, 0.15) is 11.5 Å². The largest absolute Gasteiger partial charge is 0.497 e. The summed E-state index contributed by atoms with van der Waals surface area (Å²) >= 11 is 0. The van der Waals surface area contributed by atoms with Crippen molar-refractivity contribution in [2.45, 2.75) is 12.2 Å². The van der Waals surface area contributed by atoms with Gasteiger partial charge in [0.25, 0.3) is 0 Å². The van der Waals surface area contributed by atoms with E-state index in [1.54, 1.807) is 43.5 Å². The van der Waals surface area contributed by atoms with Crippen LogP contribution >= 0.6 is 0 Å². The molecular weight excluding hydrogens is 356 g/mol. The van der Waals surface area contributed by atoms with Crippen LogP contribution in [0.15, 0.2) is 36.4 Å². The maximum absolute atomic E-state index is 12.5. The molecule has 6 nitrogen and oxygen atoms in total. The van der Waals surface area contributed by atoms with E-state index in [9.17, 15) is 8.42 Å². The van der Waals surface area contributed by atoms with Crippen LogP contribution in [0.2, 0.25) is 0 Å². The first-order valence-corrected chi connectivity index (χ1v) is 9.87. The number of hydrogen-bond donors (Lipinski definition) is 0. The topological polar surface area (TPSA) is 71.1 Å². The molecule has 0 fully saturated rings. The van der Waals surface area contributed by atoms with E-state index in [1.807, 2.05) is 0 Å². The van der Waals surface area contributed by atoms with E-state index in [4.69, 9.17) is 18.9 Å². The second kappa shape index (κ2) is 8.80. The molecule has 7 heteroatoms. The second-order valence-corrected chi connectivity index (χ2v) is 7.86. The highest BCUT2D eigenvalue weighted by Gasteiger charge is 2.19. The third-order valence-electron chi connectivity index (χ3n) is 4.03. The normalized spacial score (nSPS) is 11.1. The van der Waals surface area contributed by atoms with Crippen LogP contribution in [0, 0.1) is 0 Å². The Hall–Kier alpha value is -2.41. The van der Waals surface area contributed by atoms with Crippen LogP contribution in [0.5, 0.6) is 23.0 Å². The third-order valence-corrected chi connectivity index (χ3v) is 5.63. The summed E-state index contributed by atoms with van der Waals surface area (Å²) in [7, 11) is 2.85. The Balaban J connectivity index is 2.18. The zero-order chi connectivity index (χ0) is 19.2. The summed E-state index contributed by atoms with van der Waals surface area (Å²) in [6, 6.07) is 10.5. The molecule has 0 aliphatic heterocycles. The van der Waals surface area contributed by atoms with Crippen molar-refractivity contribution in [2.75, 3.05) is 34.2 Å². The van der Waals surface area contributed by atoms with Gasteiger partial charge >= 0.3 is 0 Å². The number of ether oxygens (including phenoxy) is 4. The van der Waals surface area contributed by atoms with Crippen molar-refractivity contribution >= 4 is 9.84 Å². The maximum Gasteiger partial charge on any atom is 0.167 e. The predicted molar refractivity (Wildman–Crippen MR) is 100 cm³/mol. The van der Waals surface area contributed by atoms with E-state index < -0.39 is 9.84 Å². The number of sulfone groups is 1. The summed E-state index contributed by atoms with van der Waals surface area (Å²) in [6.45, 7) is 0. The minimum absolute atomic E-state index is 0.0289. The summed E-state index contributed by atoms with van der Waals surface area (Å²) in [5, 5.41) is 0. The number of hydrogen-bond acceptors (Lipinski definition) is 6. The van der Waals surface area contributed by atoms with Gasteiger partial charge in [-0.05, 0) is 36.2 Å². The van der Waals surface area contributed by atoms with E-state index >= 15 is 0 Å². The molecule has 0 saturated carbocycles. The van der Waals surface area contributed by atoms with Gasteiger partial charge in [0.15, 0.2) is 21.3 Å². The fraction of sp³-hybridized carbons (Fsp3) is 0.368. The monoisotopic (exact) mass is 380 g/mol. The Morgan fingerprint density at radius 2 is 1.38 bits per heavy atom. The molecule has 0 N–H and O–H groups in total. The number of rotatable bonds is 9. The molecule has 0 atom stereocenters. The predicted octanol–water partition coefficient (Wildman–Crippen LogP) is 2.88. The Bertz CT molecular complexity index is 828. The fourth-order valence-electron chi connectivity index (χ4n) is 2.71. The summed E-state index contributed by atoms with van der Waals surface area (Å²) in [5.41, 5.74) is 1.39. The molecular formula is C19H24O6S. The Morgan fingerprint density at radius 3 is 1.92 bits per heavy atom. The lowest BCUT2D eigenvalue weighted by Gasteiger charge is -2.16. The van der Waals surface area contributed by atoms with E-state index in [1.165, 1.54) is 21.3 Å². The van der Waals surface area contributed by atoms with Crippen LogP contribution < -0.4 is 18.9 Å². The van der Waals surface area contributed by atoms with E-state index in [0.29, 0.717) is 28.6 Å². The summed E-state index contributed by atoms with van der Waals surface area (Å²) in [4.78, 5) is 0. The minimum Gasteiger partial charge on any atom is -0.497 e. The van der Waals surface area contributed by atoms with Crippen LogP contribution in [-0.2, 0) is 22.0 Å². The van der Waals surface area contributed by atoms with E-state index in [-0.39, 0.29) is 17.9 Å². The first kappa shape index (κ1) is 19.9. The van der Waals surface area contributed by atoms with Crippen LogP contribution in [0.3, 0.4) is 0 Å². The molecule has 0 radical (unpaired) electrons. The molecule has 26 heavy (non-hydrogen) atoms. The van der Waals surface area contributed by atoms with Crippen molar-refractivity contribution in [1.82, 2.24) is 0 Å². The molecule has 0 saturated heterocycles. The molecule has 0 aromatic heterocycles. The van der Waals surface area contributed by atoms with E-state index in [0.717, 1.165) is 5.56 Å². The zero-order valence-electron chi connectivity index (χ0n) is 15.4. The zero-order valence-corrected chi connectivity index (χ0v) is 16.3. The van der Waals surface area contributed by atoms with Gasteiger partial charge in [0.2, 0.25) is 0 Å². The minimum atomic E-state index is -3.31. The van der Waals surface area contributed by atoms with Crippen LogP contribution in [0.25, 0.3) is 0 Å². The smallest absolute Gasteiger partial charge is 0.167 e. The third kappa shape index (κ3) is 4.82. The van der Waals surface area contributed by atoms with Gasteiger partial charge in [-0.25, -0.2) is 8.42 Å². The Kier molecular flexibility index (Phi) is 6.74. The van der Waals surface area contributed by atoms with Crippen molar-refractivity contribution < 1.29 is 27.4 Å². The SMILES string of the molecule is COc1ccc(CS(=O)(=O)CCc2c(OC)ccc(OC)c2OC)cc1. The molecule has 2 aromatic carbocycles. The molecule has 0 amide bonds. The van der Waals surface area contributed by atoms with Gasteiger partial charge in [0.05, 0.1) is 39.9 Å². The molecule has 0 aliphatic carbocycles. The molecule has 2 rings (SSSR count). The molecule has 0 spiro atoms. The molecule has 0 bridgehead atoms. The van der Waals surface area contributed by atoms with Crippen molar-refractivity contribution in [3.05, 3.63) is 47.5 Å². The number of benzene rings is 2. The lowest BCUT2D eigenvalue weighted by molar-refractivity contribution is 0.344. The van der Waals surface area contributed by atoms with Gasteiger partial charge in [0, 0.05) is 5.56 Å². The molecule has 0 unspecified atom stereocenters. The van der Waals surface area contributed by atoms with Gasteiger partial charge in [-0.1, -0.05) is 12.1 Å². The van der Waals surface area contributed by atoms with Crippen LogP contribution in [0.1, 0.15) is 11.1 Å². The lowest BCUT2D eigenvalue weighted by atomic mass is 10.1. The highest BCUT2D eigenvalue weighted by Crippen LogP contribution is 2.37. The second-order valence-electron chi connectivity index (χ2n) is 5.67. The standard InChI is InChI=1S/C19H24O6S/c1-22-15-7-5-14(6-8-15)13-26(20,21)12-11-16-17(23-2)9-10-18(24-3)19(16)25-4/h5-10H,11-13H2,1-4H3. The van der Waals surface area contributed by atoms with Crippen molar-refractivity contribution in [1.29, 1.82) is 0 Å². The van der Waals surface area contributed by atoms with Crippen LogP contribution in [0.4, 0.5) is 0 Å². The maximum atomic E-state index is 12.5. The Morgan fingerprint density at radius 1 is 0.769 bits per heavy atom. The molecule has 0 aliphatic rings. The average Bonchev–Trinajstić information content (AvgIpc) is 2.65. The first-order valence-electron chi connectivity index (χ1n) is 8.05. The summed E-state index contributed by atoms with van der Waals surface area (Å²) in [5.74, 6) is 2.23. The van der Waals surface area contributed by atoms with Crippen molar-refractivity contribution in [3.8, 4) is 23.0 Å². The van der Waals surface area contributed by atoms with Gasteiger partial charge in [-0.2, -0.15) is 0 Å². The molecule has 142 valence electrons. The van der Waals surface area contributed by atoms with Gasteiger partial charge in [-0.15, -0.1) is 0 Å². The van der Waals surface area contributed by atoms with Gasteiger partial charge < -0.3 is 18.9 Å². The highest BCUT2D eigenvalue weighted by atomic mass is 32.2. The summed E-state index contributed by atoms with van der Waals surface area (Å²) in [6.07, 6.45) is 0.266. The van der Waals surface area contributed by atoms with Crippen molar-refractivity contribution in [2.24, 2.45) is 0 Å². The Labute approximate surface area is 154 Å². The first-order chi connectivity index (χ1) is 12.4. The van der Waals surface area contributed by atoms with E-state index in [2.05, 4.69) is 0 Å². The number of methoxy groups -OCH3 is 4.